The van der Waals surface area contributed by atoms with Crippen LogP contribution in [0.1, 0.15) is 63.3 Å². The van der Waals surface area contributed by atoms with E-state index >= 15 is 0 Å². The number of rotatable bonds is 7. The Morgan fingerprint density at radius 3 is 2.37 bits per heavy atom. The van der Waals surface area contributed by atoms with E-state index < -0.39 is 29.5 Å². The number of methoxy groups -OCH3 is 1. The molecule has 2 aromatic rings. The molecule has 208 valence electrons. The lowest BCUT2D eigenvalue weighted by Crippen LogP contribution is -2.33. The largest absolute Gasteiger partial charge is 0.496 e. The van der Waals surface area contributed by atoms with Crippen molar-refractivity contribution in [2.45, 2.75) is 64.8 Å². The van der Waals surface area contributed by atoms with Crippen LogP contribution in [0.4, 0.5) is 29.5 Å². The number of alkyl halides is 3. The van der Waals surface area contributed by atoms with Crippen molar-refractivity contribution < 1.29 is 32.2 Å². The number of ether oxygens (including phenoxy) is 2. The summed E-state index contributed by atoms with van der Waals surface area (Å²) in [6.07, 6.45) is -3.45. The van der Waals surface area contributed by atoms with Gasteiger partial charge < -0.3 is 24.6 Å². The van der Waals surface area contributed by atoms with Crippen LogP contribution in [0.15, 0.2) is 30.3 Å². The molecule has 11 heteroatoms. The number of carbonyl (C=O) groups is 2. The maximum atomic E-state index is 13.5. The van der Waals surface area contributed by atoms with Crippen molar-refractivity contribution in [3.05, 3.63) is 47.2 Å². The number of nitrogens with one attached hydrogen (secondary N) is 1. The summed E-state index contributed by atoms with van der Waals surface area (Å²) in [5, 5.41) is 2.68. The third-order valence-corrected chi connectivity index (χ3v) is 6.25. The van der Waals surface area contributed by atoms with Gasteiger partial charge in [-0.2, -0.15) is 13.2 Å². The Kier molecular flexibility index (Phi) is 8.79. The molecule has 1 fully saturated rings. The summed E-state index contributed by atoms with van der Waals surface area (Å²) in [5.41, 5.74) is 0.0526. The van der Waals surface area contributed by atoms with E-state index in [0.717, 1.165) is 18.9 Å². The van der Waals surface area contributed by atoms with Crippen molar-refractivity contribution in [2.24, 2.45) is 0 Å². The molecule has 1 saturated heterocycles. The van der Waals surface area contributed by atoms with Crippen LogP contribution >= 0.6 is 0 Å². The Hall–Kier alpha value is -3.50. The summed E-state index contributed by atoms with van der Waals surface area (Å²) in [6, 6.07) is 7.44. The van der Waals surface area contributed by atoms with Gasteiger partial charge in [-0.3, -0.25) is 4.79 Å². The van der Waals surface area contributed by atoms with Gasteiger partial charge in [-0.15, -0.1) is 0 Å². The molecule has 2 amide bonds. The Balaban J connectivity index is 1.81. The van der Waals surface area contributed by atoms with Gasteiger partial charge in [0.1, 0.15) is 17.0 Å². The molecule has 1 aliphatic rings. The zero-order chi connectivity index (χ0) is 28.3. The molecule has 1 aromatic carbocycles. The molecule has 0 saturated carbocycles. The quantitative estimate of drug-likeness (QED) is 0.503. The molecule has 0 radical (unpaired) electrons. The first-order valence-electron chi connectivity index (χ1n) is 12.5. The Bertz CT molecular complexity index is 1160. The van der Waals surface area contributed by atoms with Gasteiger partial charge in [0.15, 0.2) is 5.82 Å². The molecule has 0 aliphatic carbocycles. The predicted molar refractivity (Wildman–Crippen MR) is 139 cm³/mol. The number of likely N-dealkylation sites (N-methyl/N-ethyl adjacent to an activating group) is 1. The highest BCUT2D eigenvalue weighted by atomic mass is 19.4. The van der Waals surface area contributed by atoms with Gasteiger partial charge in [0.05, 0.1) is 18.7 Å². The van der Waals surface area contributed by atoms with Crippen LogP contribution in [-0.4, -0.2) is 49.8 Å². The number of hydrogen-bond acceptors (Lipinski definition) is 6. The molecular weight excluding hydrogens is 501 g/mol. The summed E-state index contributed by atoms with van der Waals surface area (Å²) >= 11 is 0. The smallest absolute Gasteiger partial charge is 0.433 e. The Morgan fingerprint density at radius 1 is 1.13 bits per heavy atom. The minimum atomic E-state index is -4.58. The lowest BCUT2D eigenvalue weighted by atomic mass is 9.97. The van der Waals surface area contributed by atoms with Crippen molar-refractivity contribution >= 4 is 23.5 Å². The normalized spacial score (nSPS) is 14.7. The molecule has 0 bridgehead atoms. The van der Waals surface area contributed by atoms with Crippen LogP contribution in [-0.2, 0) is 22.3 Å². The number of aromatic nitrogens is 1. The highest BCUT2D eigenvalue weighted by Crippen LogP contribution is 2.36. The van der Waals surface area contributed by atoms with Crippen molar-refractivity contribution in [3.63, 3.8) is 0 Å². The van der Waals surface area contributed by atoms with E-state index in [9.17, 15) is 22.8 Å². The van der Waals surface area contributed by atoms with Crippen molar-refractivity contribution in [2.75, 3.05) is 37.0 Å². The van der Waals surface area contributed by atoms with E-state index in [2.05, 4.69) is 10.3 Å². The van der Waals surface area contributed by atoms with E-state index in [1.807, 2.05) is 0 Å². The lowest BCUT2D eigenvalue weighted by Gasteiger charge is -2.28. The monoisotopic (exact) mass is 536 g/mol. The minimum Gasteiger partial charge on any atom is -0.496 e. The summed E-state index contributed by atoms with van der Waals surface area (Å²) in [4.78, 5) is 32.5. The number of anilines is 2. The lowest BCUT2D eigenvalue weighted by molar-refractivity contribution is -0.141. The summed E-state index contributed by atoms with van der Waals surface area (Å²) in [7, 11) is 3.03. The average Bonchev–Trinajstić information content (AvgIpc) is 3.39. The number of amides is 2. The van der Waals surface area contributed by atoms with Crippen LogP contribution in [0, 0.1) is 0 Å². The second kappa shape index (κ2) is 11.5. The molecule has 8 nitrogen and oxygen atoms in total. The molecule has 1 atom stereocenters. The van der Waals surface area contributed by atoms with Crippen molar-refractivity contribution in [1.82, 2.24) is 10.3 Å². The van der Waals surface area contributed by atoms with Crippen LogP contribution in [0.25, 0.3) is 0 Å². The Labute approximate surface area is 221 Å². The van der Waals surface area contributed by atoms with Gasteiger partial charge in [0.2, 0.25) is 5.91 Å². The zero-order valence-corrected chi connectivity index (χ0v) is 22.6. The van der Waals surface area contributed by atoms with E-state index in [1.165, 1.54) is 18.1 Å². The van der Waals surface area contributed by atoms with Gasteiger partial charge in [0, 0.05) is 32.2 Å². The second-order valence-corrected chi connectivity index (χ2v) is 10.3. The summed E-state index contributed by atoms with van der Waals surface area (Å²) < 4.78 is 50.8. The standard InChI is InChI=1S/C27H35F3N4O4/c1-17(18-9-10-19(21(15-18)37-6)16-31-25(36)38-26(2,3)4)24(35)33(5)20-11-12-22(27(28,29)30)32-23(20)34-13-7-8-14-34/h9-12,15,17H,7-8,13-14,16H2,1-6H3,(H,31,36). The predicted octanol–water partition coefficient (Wildman–Crippen LogP) is 5.50. The maximum absolute atomic E-state index is 13.5. The molecule has 1 unspecified atom stereocenters. The zero-order valence-electron chi connectivity index (χ0n) is 22.6. The second-order valence-electron chi connectivity index (χ2n) is 10.3. The molecule has 3 rings (SSSR count). The van der Waals surface area contributed by atoms with Crippen LogP contribution in [0.3, 0.4) is 0 Å². The summed E-state index contributed by atoms with van der Waals surface area (Å²) in [5.74, 6) is -0.305. The number of pyridine rings is 1. The number of hydrogen-bond donors (Lipinski definition) is 1. The average molecular weight is 537 g/mol. The van der Waals surface area contributed by atoms with Crippen molar-refractivity contribution in [3.8, 4) is 5.75 Å². The van der Waals surface area contributed by atoms with E-state index in [-0.39, 0.29) is 18.3 Å². The molecule has 1 N–H and O–H groups in total. The number of halogens is 3. The van der Waals surface area contributed by atoms with E-state index in [1.54, 1.807) is 57.8 Å². The van der Waals surface area contributed by atoms with Gasteiger partial charge >= 0.3 is 12.3 Å². The fourth-order valence-corrected chi connectivity index (χ4v) is 4.23. The Morgan fingerprint density at radius 2 is 1.79 bits per heavy atom. The summed E-state index contributed by atoms with van der Waals surface area (Å²) in [6.45, 7) is 8.35. The molecule has 1 aromatic heterocycles. The number of benzene rings is 1. The first-order chi connectivity index (χ1) is 17.7. The van der Waals surface area contributed by atoms with Gasteiger partial charge in [0.25, 0.3) is 0 Å². The first-order valence-corrected chi connectivity index (χ1v) is 12.5. The number of carbonyl (C=O) groups excluding carboxylic acids is 2. The fourth-order valence-electron chi connectivity index (χ4n) is 4.23. The molecule has 2 heterocycles. The number of alkyl carbamates (subject to hydrolysis) is 1. The van der Waals surface area contributed by atoms with Crippen LogP contribution in [0.2, 0.25) is 0 Å². The van der Waals surface area contributed by atoms with Gasteiger partial charge in [-0.1, -0.05) is 12.1 Å². The minimum absolute atomic E-state index is 0.154. The topological polar surface area (TPSA) is 84.0 Å². The van der Waals surface area contributed by atoms with Crippen LogP contribution in [0.5, 0.6) is 5.75 Å². The molecule has 1 aliphatic heterocycles. The third-order valence-electron chi connectivity index (χ3n) is 6.25. The molecular formula is C27H35F3N4O4. The van der Waals surface area contributed by atoms with Crippen LogP contribution < -0.4 is 19.9 Å². The highest BCUT2D eigenvalue weighted by Gasteiger charge is 2.35. The van der Waals surface area contributed by atoms with Crippen molar-refractivity contribution in [1.29, 1.82) is 0 Å². The van der Waals surface area contributed by atoms with Gasteiger partial charge in [-0.05, 0) is 64.3 Å². The highest BCUT2D eigenvalue weighted by molar-refractivity contribution is 5.99. The van der Waals surface area contributed by atoms with E-state index in [0.29, 0.717) is 35.7 Å². The SMILES string of the molecule is COc1cc(C(C)C(=O)N(C)c2ccc(C(F)(F)F)nc2N2CCCC2)ccc1CNC(=O)OC(C)(C)C. The fraction of sp³-hybridized carbons (Fsp3) is 0.519. The molecule has 38 heavy (non-hydrogen) atoms. The van der Waals surface area contributed by atoms with Gasteiger partial charge in [-0.25, -0.2) is 9.78 Å². The van der Waals surface area contributed by atoms with E-state index in [4.69, 9.17) is 9.47 Å². The molecule has 0 spiro atoms. The number of nitrogens with zero attached hydrogens (tertiary/aromatic N) is 3. The first kappa shape index (κ1) is 29.1. The maximum Gasteiger partial charge on any atom is 0.433 e. The third kappa shape index (κ3) is 7.08.